The molecule has 0 aliphatic heterocycles. The predicted octanol–water partition coefficient (Wildman–Crippen LogP) is 4.98. The van der Waals surface area contributed by atoms with Gasteiger partial charge in [0.05, 0.1) is 23.9 Å². The van der Waals surface area contributed by atoms with Crippen molar-refractivity contribution in [1.29, 1.82) is 0 Å². The van der Waals surface area contributed by atoms with Gasteiger partial charge in [-0.3, -0.25) is 9.89 Å². The van der Waals surface area contributed by atoms with Crippen LogP contribution in [0.5, 0.6) is 5.88 Å². The normalized spacial score (nSPS) is 12.5. The number of nitrogens with one attached hydrogen (secondary N) is 2. The third-order valence-corrected chi connectivity index (χ3v) is 6.49. The van der Waals surface area contributed by atoms with Crippen molar-refractivity contribution in [1.82, 2.24) is 25.4 Å². The van der Waals surface area contributed by atoms with Gasteiger partial charge < -0.3 is 20.1 Å². The zero-order chi connectivity index (χ0) is 30.8. The highest BCUT2D eigenvalue weighted by Crippen LogP contribution is 2.40. The Balaban J connectivity index is 1.54. The van der Waals surface area contributed by atoms with E-state index in [1.165, 1.54) is 23.2 Å². The Bertz CT molecular complexity index is 1570. The van der Waals surface area contributed by atoms with Crippen LogP contribution in [0.3, 0.4) is 0 Å². The predicted molar refractivity (Wildman–Crippen MR) is 156 cm³/mol. The maximum atomic E-state index is 14.4. The van der Waals surface area contributed by atoms with Crippen molar-refractivity contribution in [3.05, 3.63) is 102 Å². The molecule has 0 aliphatic carbocycles. The molecule has 0 saturated heterocycles. The van der Waals surface area contributed by atoms with Crippen LogP contribution in [0.4, 0.5) is 17.6 Å². The number of amides is 1. The fourth-order valence-electron chi connectivity index (χ4n) is 4.40. The Morgan fingerprint density at radius 1 is 1.09 bits per heavy atom. The van der Waals surface area contributed by atoms with Crippen molar-refractivity contribution >= 4 is 28.0 Å². The average molecular weight is 598 g/mol. The molecule has 0 atom stereocenters. The number of hydrogen-bond donors (Lipinski definition) is 3. The molecule has 4 aromatic rings. The molecule has 2 aromatic carbocycles. The molecule has 2 heterocycles. The van der Waals surface area contributed by atoms with Gasteiger partial charge in [-0.05, 0) is 40.5 Å². The number of aliphatic hydroxyl groups excluding tert-OH is 1. The molecule has 43 heavy (non-hydrogen) atoms. The molecule has 0 saturated carbocycles. The van der Waals surface area contributed by atoms with Crippen molar-refractivity contribution in [3.63, 3.8) is 0 Å². The molecular weight excluding hydrogens is 566 g/mol. The molecule has 8 nitrogen and oxygen atoms in total. The Hall–Kier alpha value is -4.55. The molecule has 3 N–H and O–H groups in total. The lowest BCUT2D eigenvalue weighted by atomic mass is 9.88. The van der Waals surface area contributed by atoms with Gasteiger partial charge in [0.25, 0.3) is 0 Å². The second kappa shape index (κ2) is 14.6. The Morgan fingerprint density at radius 3 is 2.56 bits per heavy atom. The number of alkyl halides is 3. The summed E-state index contributed by atoms with van der Waals surface area (Å²) in [6.07, 6.45) is -1.21. The summed E-state index contributed by atoms with van der Waals surface area (Å²) in [6, 6.07) is 16.1. The first-order valence-corrected chi connectivity index (χ1v) is 13.5. The summed E-state index contributed by atoms with van der Waals surface area (Å²) in [5.41, 5.74) is 1.79. The maximum absolute atomic E-state index is 14.4. The number of carbonyl (C=O) groups excluding carboxylic acids is 1. The van der Waals surface area contributed by atoms with Gasteiger partial charge in [-0.15, -0.1) is 0 Å². The van der Waals surface area contributed by atoms with Crippen molar-refractivity contribution in [3.8, 4) is 5.88 Å². The average Bonchev–Trinajstić information content (AvgIpc) is 3.36. The lowest BCUT2D eigenvalue weighted by Crippen LogP contribution is -2.28. The topological polar surface area (TPSA) is 103 Å². The van der Waals surface area contributed by atoms with Gasteiger partial charge >= 0.3 is 6.18 Å². The second-order valence-electron chi connectivity index (χ2n) is 9.60. The van der Waals surface area contributed by atoms with Crippen LogP contribution < -0.4 is 10.1 Å². The quantitative estimate of drug-likeness (QED) is 0.0870. The number of ether oxygens (including phenoxy) is 1. The third-order valence-electron chi connectivity index (χ3n) is 6.49. The number of aliphatic hydroxyl groups is 1. The molecule has 0 spiro atoms. The van der Waals surface area contributed by atoms with Crippen molar-refractivity contribution in [2.24, 2.45) is 0 Å². The van der Waals surface area contributed by atoms with Crippen LogP contribution in [0.25, 0.3) is 22.0 Å². The van der Waals surface area contributed by atoms with Gasteiger partial charge in [-0.25, -0.2) is 4.98 Å². The molecule has 0 unspecified atom stereocenters. The van der Waals surface area contributed by atoms with Crippen LogP contribution in [0.1, 0.15) is 23.1 Å². The molecule has 1 amide bonds. The van der Waals surface area contributed by atoms with Gasteiger partial charge in [0, 0.05) is 50.6 Å². The van der Waals surface area contributed by atoms with E-state index >= 15 is 0 Å². The van der Waals surface area contributed by atoms with Crippen molar-refractivity contribution in [2.75, 3.05) is 39.9 Å². The molecule has 0 radical (unpaired) electrons. The van der Waals surface area contributed by atoms with Gasteiger partial charge in [0.1, 0.15) is 6.61 Å². The van der Waals surface area contributed by atoms with E-state index in [1.54, 1.807) is 67.7 Å². The first-order chi connectivity index (χ1) is 20.7. The molecule has 2 aromatic heterocycles. The lowest BCUT2D eigenvalue weighted by Gasteiger charge is -2.19. The van der Waals surface area contributed by atoms with Gasteiger partial charge in [-0.1, -0.05) is 42.5 Å². The number of carbonyl (C=O) groups is 1. The highest BCUT2D eigenvalue weighted by atomic mass is 19.4. The summed E-state index contributed by atoms with van der Waals surface area (Å²) in [7, 11) is 1.60. The molecule has 12 heteroatoms. The van der Waals surface area contributed by atoms with E-state index in [9.17, 15) is 22.4 Å². The highest BCUT2D eigenvalue weighted by Gasteiger charge is 2.31. The maximum Gasteiger partial charge on any atom is 0.393 e. The standard InChI is InChI=1S/C31H31F4N5O3/c1-40(15-16-41)28(42)8-5-13-36-14-17-43-27-12-10-23(20-37-27)29(22-9-11-26-24(18-22)30(32)39-38-26)25(19-31(33,34)35)21-6-3-2-4-7-21/h2-12,18,20,36,41H,13-17,19H2,1H3,(H,38,39)/b8-5+,29-25+. The van der Waals surface area contributed by atoms with Gasteiger partial charge in [-0.2, -0.15) is 22.7 Å². The lowest BCUT2D eigenvalue weighted by molar-refractivity contribution is -0.125. The number of nitrogens with zero attached hydrogens (tertiary/aromatic N) is 3. The summed E-state index contributed by atoms with van der Waals surface area (Å²) >= 11 is 0. The summed E-state index contributed by atoms with van der Waals surface area (Å²) < 4.78 is 61.7. The molecule has 4 rings (SSSR count). The molecule has 0 fully saturated rings. The molecule has 0 aliphatic rings. The number of hydrogen-bond acceptors (Lipinski definition) is 6. The fourth-order valence-corrected chi connectivity index (χ4v) is 4.40. The fraction of sp³-hybridized carbons (Fsp3) is 0.258. The number of fused-ring (bicyclic) bond motifs is 1. The first kappa shape index (κ1) is 31.4. The van der Waals surface area contributed by atoms with E-state index in [2.05, 4.69) is 20.5 Å². The minimum Gasteiger partial charge on any atom is -0.476 e. The minimum atomic E-state index is -4.51. The van der Waals surface area contributed by atoms with Crippen LogP contribution in [-0.4, -0.2) is 77.2 Å². The first-order valence-electron chi connectivity index (χ1n) is 13.5. The summed E-state index contributed by atoms with van der Waals surface area (Å²) in [4.78, 5) is 17.5. The third kappa shape index (κ3) is 8.72. The van der Waals surface area contributed by atoms with Crippen LogP contribution in [0.15, 0.2) is 79.0 Å². The Labute approximate surface area is 245 Å². The minimum absolute atomic E-state index is 0.0186. The van der Waals surface area contributed by atoms with Crippen LogP contribution in [-0.2, 0) is 4.79 Å². The number of halogens is 4. The summed E-state index contributed by atoms with van der Waals surface area (Å²) in [6.45, 7) is 1.26. The molecule has 226 valence electrons. The monoisotopic (exact) mass is 597 g/mol. The SMILES string of the molecule is CN(CCO)C(=O)/C=C/CNCCOc1ccc(/C(=C(\CC(F)(F)F)c2ccccc2)c2ccc3n[nH]c(F)c3c2)cn1. The number of aromatic nitrogens is 3. The van der Waals surface area contributed by atoms with Crippen LogP contribution in [0, 0.1) is 5.95 Å². The van der Waals surface area contributed by atoms with Gasteiger partial charge in [0.2, 0.25) is 17.7 Å². The van der Waals surface area contributed by atoms with Crippen LogP contribution >= 0.6 is 0 Å². The molecule has 0 bridgehead atoms. The smallest absolute Gasteiger partial charge is 0.393 e. The van der Waals surface area contributed by atoms with Crippen molar-refractivity contribution < 1.29 is 32.2 Å². The number of pyridine rings is 1. The number of aromatic amines is 1. The number of benzene rings is 2. The van der Waals surface area contributed by atoms with Gasteiger partial charge in [0.15, 0.2) is 0 Å². The van der Waals surface area contributed by atoms with Crippen molar-refractivity contribution in [2.45, 2.75) is 12.6 Å². The Kier molecular flexibility index (Phi) is 10.6. The number of likely N-dealkylation sites (N-methyl/N-ethyl adjacent to an activating group) is 1. The largest absolute Gasteiger partial charge is 0.476 e. The van der Waals surface area contributed by atoms with E-state index in [1.807, 2.05) is 0 Å². The zero-order valence-corrected chi connectivity index (χ0v) is 23.4. The second-order valence-corrected chi connectivity index (χ2v) is 9.60. The number of rotatable bonds is 13. The molecular formula is C31H31F4N5O3. The zero-order valence-electron chi connectivity index (χ0n) is 23.4. The summed E-state index contributed by atoms with van der Waals surface area (Å²) in [5, 5.41) is 18.3. The van der Waals surface area contributed by atoms with E-state index < -0.39 is 18.5 Å². The number of allylic oxidation sites excluding steroid dienone is 1. The van der Waals surface area contributed by atoms with E-state index in [-0.39, 0.29) is 48.1 Å². The van der Waals surface area contributed by atoms with E-state index in [4.69, 9.17) is 9.84 Å². The Morgan fingerprint density at radius 2 is 1.86 bits per heavy atom. The summed E-state index contributed by atoms with van der Waals surface area (Å²) in [5.74, 6) is -0.625. The highest BCUT2D eigenvalue weighted by molar-refractivity contribution is 6.00. The number of H-pyrrole nitrogens is 1. The van der Waals surface area contributed by atoms with Crippen LogP contribution in [0.2, 0.25) is 0 Å². The van der Waals surface area contributed by atoms with E-state index in [0.717, 1.165) is 0 Å². The van der Waals surface area contributed by atoms with E-state index in [0.29, 0.717) is 35.3 Å².